The maximum absolute atomic E-state index is 12.3. The highest BCUT2D eigenvalue weighted by Gasteiger charge is 2.59. The van der Waals surface area contributed by atoms with Gasteiger partial charge in [0.15, 0.2) is 5.54 Å². The summed E-state index contributed by atoms with van der Waals surface area (Å²) in [6.07, 6.45) is 0. The lowest BCUT2D eigenvalue weighted by Crippen LogP contribution is -2.53. The van der Waals surface area contributed by atoms with E-state index in [-0.39, 0.29) is 11.6 Å². The normalized spacial score (nSPS) is 21.5. The zero-order valence-electron chi connectivity index (χ0n) is 11.0. The maximum atomic E-state index is 12.3. The van der Waals surface area contributed by atoms with E-state index in [9.17, 15) is 15.5 Å². The van der Waals surface area contributed by atoms with Gasteiger partial charge in [0, 0.05) is 5.21 Å². The quantitative estimate of drug-likeness (QED) is 0.610. The summed E-state index contributed by atoms with van der Waals surface area (Å²) in [5.74, 6) is 0.0743. The molecule has 97 valence electrons. The second-order valence-electron chi connectivity index (χ2n) is 5.58. The largest absolute Gasteiger partial charge is 0.714 e. The van der Waals surface area contributed by atoms with Crippen LogP contribution >= 0.6 is 0 Å². The molecule has 1 radical (unpaired) electrons. The minimum atomic E-state index is -0.838. The highest BCUT2D eigenvalue weighted by molar-refractivity contribution is 5.96. The molecule has 1 aromatic carbocycles. The van der Waals surface area contributed by atoms with E-state index in [1.807, 2.05) is 0 Å². The Kier molecular flexibility index (Phi) is 2.55. The third-order valence-electron chi connectivity index (χ3n) is 4.00. The second-order valence-corrected chi connectivity index (χ2v) is 5.58. The van der Waals surface area contributed by atoms with E-state index in [1.165, 1.54) is 12.1 Å². The Labute approximate surface area is 106 Å². The van der Waals surface area contributed by atoms with Crippen LogP contribution in [-0.4, -0.2) is 31.8 Å². The van der Waals surface area contributed by atoms with Crippen LogP contribution in [0.5, 0.6) is 5.75 Å². The predicted molar refractivity (Wildman–Crippen MR) is 66.5 cm³/mol. The van der Waals surface area contributed by atoms with Gasteiger partial charge >= 0.3 is 5.84 Å². The van der Waals surface area contributed by atoms with Gasteiger partial charge in [-0.2, -0.15) is 0 Å². The predicted octanol–water partition coefficient (Wildman–Crippen LogP) is 1.87. The molecule has 0 saturated carbocycles. The molecule has 18 heavy (non-hydrogen) atoms. The molecule has 0 aromatic heterocycles. The molecule has 5 nitrogen and oxygen atoms in total. The Morgan fingerprint density at radius 1 is 1.28 bits per heavy atom. The third-order valence-corrected chi connectivity index (χ3v) is 4.00. The Hall–Kier alpha value is -1.75. The molecule has 1 N–H and O–H groups in total. The third kappa shape index (κ3) is 1.47. The maximum Gasteiger partial charge on any atom is 0.316 e. The van der Waals surface area contributed by atoms with Crippen molar-refractivity contribution in [1.29, 1.82) is 0 Å². The van der Waals surface area contributed by atoms with Crippen molar-refractivity contribution in [3.8, 4) is 5.75 Å². The zero-order chi connectivity index (χ0) is 13.7. The molecular formula is C13H17N2O3. The van der Waals surface area contributed by atoms with Gasteiger partial charge < -0.3 is 10.3 Å². The molecule has 0 saturated heterocycles. The Balaban J connectivity index is 2.61. The molecule has 0 fully saturated rings. The number of benzene rings is 1. The highest BCUT2D eigenvalue weighted by atomic mass is 16.5. The van der Waals surface area contributed by atoms with Gasteiger partial charge in [-0.3, -0.25) is 4.74 Å². The molecule has 5 heteroatoms. The molecule has 0 spiro atoms. The van der Waals surface area contributed by atoms with E-state index in [0.29, 0.717) is 5.56 Å². The van der Waals surface area contributed by atoms with Crippen LogP contribution < -0.4 is 0 Å². The van der Waals surface area contributed by atoms with Crippen LogP contribution in [0.4, 0.5) is 0 Å². The van der Waals surface area contributed by atoms with Crippen molar-refractivity contribution in [3.63, 3.8) is 0 Å². The number of aromatic hydroxyl groups is 1. The smallest absolute Gasteiger partial charge is 0.316 e. The molecule has 0 atom stereocenters. The lowest BCUT2D eigenvalue weighted by atomic mass is 9.84. The molecule has 0 bridgehead atoms. The number of hydrogen-bond acceptors (Lipinski definition) is 3. The molecule has 0 aliphatic carbocycles. The summed E-state index contributed by atoms with van der Waals surface area (Å²) in [4.78, 5) is 0. The molecule has 1 aliphatic rings. The van der Waals surface area contributed by atoms with Gasteiger partial charge in [-0.15, -0.1) is 0 Å². The first-order valence-electron chi connectivity index (χ1n) is 5.80. The molecule has 1 aromatic rings. The second kappa shape index (κ2) is 3.62. The van der Waals surface area contributed by atoms with Gasteiger partial charge in [0.2, 0.25) is 0 Å². The number of amidine groups is 1. The van der Waals surface area contributed by atoms with E-state index in [4.69, 9.17) is 0 Å². The van der Waals surface area contributed by atoms with Gasteiger partial charge in [0.25, 0.3) is 0 Å². The van der Waals surface area contributed by atoms with Crippen molar-refractivity contribution in [2.75, 3.05) is 0 Å². The molecule has 1 aliphatic heterocycles. The van der Waals surface area contributed by atoms with Crippen LogP contribution in [0, 0.1) is 5.21 Å². The van der Waals surface area contributed by atoms with Crippen molar-refractivity contribution < 1.29 is 15.1 Å². The van der Waals surface area contributed by atoms with Crippen LogP contribution in [0.25, 0.3) is 0 Å². The number of phenolic OH excluding ortho intramolecular Hbond substituents is 1. The average molecular weight is 249 g/mol. The van der Waals surface area contributed by atoms with E-state index in [0.717, 1.165) is 9.80 Å². The fourth-order valence-electron chi connectivity index (χ4n) is 1.99. The van der Waals surface area contributed by atoms with Crippen molar-refractivity contribution in [3.05, 3.63) is 35.0 Å². The van der Waals surface area contributed by atoms with Crippen LogP contribution in [0.15, 0.2) is 24.3 Å². The van der Waals surface area contributed by atoms with Crippen LogP contribution in [0.1, 0.15) is 33.3 Å². The summed E-state index contributed by atoms with van der Waals surface area (Å²) >= 11 is 0. The molecule has 0 unspecified atom stereocenters. The fourth-order valence-corrected chi connectivity index (χ4v) is 1.99. The van der Waals surface area contributed by atoms with Gasteiger partial charge in [-0.25, -0.2) is 0 Å². The minimum Gasteiger partial charge on any atom is -0.714 e. The summed E-state index contributed by atoms with van der Waals surface area (Å²) in [7, 11) is 0. The molecule has 2 rings (SSSR count). The molecular weight excluding hydrogens is 232 g/mol. The average Bonchev–Trinajstić information content (AvgIpc) is 2.38. The standard InChI is InChI=1S/C13H17N2O3/c1-12(2)13(3,4)15(18)11(14(12)17)9-6-5-7-10(16)8-9/h5-8,16H,1-4H3. The van der Waals surface area contributed by atoms with Crippen molar-refractivity contribution in [2.24, 2.45) is 0 Å². The van der Waals surface area contributed by atoms with E-state index >= 15 is 0 Å². The summed E-state index contributed by atoms with van der Waals surface area (Å²) in [5, 5.41) is 34.8. The van der Waals surface area contributed by atoms with Crippen molar-refractivity contribution in [2.45, 2.75) is 38.8 Å². The monoisotopic (exact) mass is 249 g/mol. The summed E-state index contributed by atoms with van der Waals surface area (Å²) in [6.45, 7) is 6.95. The lowest BCUT2D eigenvalue weighted by molar-refractivity contribution is -0.539. The molecule has 0 amide bonds. The van der Waals surface area contributed by atoms with E-state index in [1.54, 1.807) is 39.8 Å². The number of rotatable bonds is 1. The fraction of sp³-hybridized carbons (Fsp3) is 0.462. The van der Waals surface area contributed by atoms with Crippen molar-refractivity contribution >= 4 is 5.84 Å². The Morgan fingerprint density at radius 3 is 2.33 bits per heavy atom. The minimum absolute atomic E-state index is 0.0318. The van der Waals surface area contributed by atoms with E-state index in [2.05, 4.69) is 0 Å². The Bertz CT molecular complexity index is 521. The van der Waals surface area contributed by atoms with Crippen LogP contribution in [0.2, 0.25) is 0 Å². The lowest BCUT2D eigenvalue weighted by Gasteiger charge is -2.32. The summed E-state index contributed by atoms with van der Waals surface area (Å²) in [6, 6.07) is 6.17. The first-order chi connectivity index (χ1) is 8.19. The van der Waals surface area contributed by atoms with Crippen LogP contribution in [0.3, 0.4) is 0 Å². The number of hydrogen-bond donors (Lipinski definition) is 1. The number of phenols is 1. The highest BCUT2D eigenvalue weighted by Crippen LogP contribution is 2.37. The zero-order valence-corrected chi connectivity index (χ0v) is 11.0. The Morgan fingerprint density at radius 2 is 1.89 bits per heavy atom. The van der Waals surface area contributed by atoms with Gasteiger partial charge in [0.05, 0.1) is 5.56 Å². The van der Waals surface area contributed by atoms with E-state index < -0.39 is 11.1 Å². The number of nitrogens with zero attached hydrogens (tertiary/aromatic N) is 2. The van der Waals surface area contributed by atoms with Crippen LogP contribution in [-0.2, 0) is 5.21 Å². The van der Waals surface area contributed by atoms with Gasteiger partial charge in [-0.05, 0) is 45.9 Å². The topological polar surface area (TPSA) is 69.4 Å². The first-order valence-corrected chi connectivity index (χ1v) is 5.80. The summed E-state index contributed by atoms with van der Waals surface area (Å²) in [5.41, 5.74) is -1.25. The SMILES string of the molecule is CC1(C)N([O])C(c2cccc(O)c2)=[N+]([O-])C1(C)C. The van der Waals surface area contributed by atoms with Gasteiger partial charge in [-0.1, -0.05) is 11.1 Å². The number of hydroxylamine groups is 3. The van der Waals surface area contributed by atoms with Gasteiger partial charge in [0.1, 0.15) is 11.3 Å². The summed E-state index contributed by atoms with van der Waals surface area (Å²) < 4.78 is 0.731. The first kappa shape index (κ1) is 12.7. The molecule has 1 heterocycles. The van der Waals surface area contributed by atoms with Crippen molar-refractivity contribution in [1.82, 2.24) is 5.06 Å².